The van der Waals surface area contributed by atoms with Crippen molar-refractivity contribution in [2.75, 3.05) is 0 Å². The molecule has 0 radical (unpaired) electrons. The fourth-order valence-corrected chi connectivity index (χ4v) is 3.26. The number of allylic oxidation sites excluding steroid dienone is 2. The summed E-state index contributed by atoms with van der Waals surface area (Å²) < 4.78 is 48.8. The van der Waals surface area contributed by atoms with Crippen molar-refractivity contribution in [1.82, 2.24) is 0 Å². The summed E-state index contributed by atoms with van der Waals surface area (Å²) in [7, 11) is 0. The maximum Gasteiger partial charge on any atom is 0.426 e. The van der Waals surface area contributed by atoms with E-state index in [0.29, 0.717) is 17.1 Å². The number of benzene rings is 2. The van der Waals surface area contributed by atoms with Crippen LogP contribution in [0.3, 0.4) is 0 Å². The van der Waals surface area contributed by atoms with Crippen molar-refractivity contribution in [3.05, 3.63) is 71.3 Å². The molecule has 4 nitrogen and oxygen atoms in total. The maximum atomic E-state index is 12.6. The Morgan fingerprint density at radius 2 is 1.83 bits per heavy atom. The second kappa shape index (κ2) is 8.80. The van der Waals surface area contributed by atoms with Crippen LogP contribution < -0.4 is 4.74 Å². The topological polar surface area (TPSA) is 59.3 Å². The highest BCUT2D eigenvalue weighted by Gasteiger charge is 2.53. The molecule has 1 aliphatic rings. The molecular weight excluding hydrogens is 419 g/mol. The van der Waals surface area contributed by atoms with Gasteiger partial charge in [-0.25, -0.2) is 0 Å². The molecule has 30 heavy (non-hydrogen) atoms. The van der Waals surface area contributed by atoms with Crippen LogP contribution in [0.15, 0.2) is 65.7 Å². The van der Waals surface area contributed by atoms with Crippen LogP contribution in [-0.2, 0) is 9.53 Å². The van der Waals surface area contributed by atoms with Crippen molar-refractivity contribution in [3.63, 3.8) is 0 Å². The molecule has 156 valence electrons. The minimum Gasteiger partial charge on any atom is -0.457 e. The molecule has 0 spiro atoms. The Kier molecular flexibility index (Phi) is 6.37. The van der Waals surface area contributed by atoms with Crippen LogP contribution in [0.4, 0.5) is 13.2 Å². The molecule has 4 atom stereocenters. The summed E-state index contributed by atoms with van der Waals surface area (Å²) in [5.41, 5.74) is 0.396. The molecule has 0 amide bonds. The van der Waals surface area contributed by atoms with E-state index in [4.69, 9.17) is 21.1 Å². The molecule has 0 aromatic heterocycles. The van der Waals surface area contributed by atoms with Gasteiger partial charge < -0.3 is 9.47 Å². The number of alkyl halides is 3. The number of hydrogen-bond acceptors (Lipinski definition) is 4. The van der Waals surface area contributed by atoms with Gasteiger partial charge >= 0.3 is 12.1 Å². The van der Waals surface area contributed by atoms with Gasteiger partial charge in [-0.15, -0.1) is 0 Å². The third-order valence-electron chi connectivity index (χ3n) is 4.82. The summed E-state index contributed by atoms with van der Waals surface area (Å²) in [5, 5.41) is 8.18. The first-order chi connectivity index (χ1) is 14.2. The van der Waals surface area contributed by atoms with Gasteiger partial charge in [-0.2, -0.15) is 18.4 Å². The summed E-state index contributed by atoms with van der Waals surface area (Å²) in [6.07, 6.45) is -5.05. The van der Waals surface area contributed by atoms with Crippen LogP contribution >= 0.6 is 11.6 Å². The summed E-state index contributed by atoms with van der Waals surface area (Å²) in [6, 6.07) is 17.4. The lowest BCUT2D eigenvalue weighted by molar-refractivity contribution is -0.149. The van der Waals surface area contributed by atoms with E-state index in [0.717, 1.165) is 6.08 Å². The Bertz CT molecular complexity index is 985. The first-order valence-electron chi connectivity index (χ1n) is 9.08. The molecule has 2 unspecified atom stereocenters. The average Bonchev–Trinajstić information content (AvgIpc) is 3.35. The van der Waals surface area contributed by atoms with Crippen molar-refractivity contribution in [2.45, 2.75) is 19.2 Å². The van der Waals surface area contributed by atoms with Gasteiger partial charge in [0.15, 0.2) is 0 Å². The average molecular weight is 436 g/mol. The number of nitrogens with zero attached hydrogens (tertiary/aromatic N) is 1. The van der Waals surface area contributed by atoms with Crippen LogP contribution in [0, 0.1) is 29.1 Å². The molecule has 0 saturated heterocycles. The Morgan fingerprint density at radius 1 is 1.17 bits per heavy atom. The SMILES string of the molecule is CC1[C@@H](/C=C(\Cl)C(F)(F)F)[C@H]1C(=O)OC(C#N)c1cccc(Oc2ccccc2)c1. The Morgan fingerprint density at radius 3 is 2.47 bits per heavy atom. The van der Waals surface area contributed by atoms with Gasteiger partial charge in [-0.3, -0.25) is 4.79 Å². The second-order valence-electron chi connectivity index (χ2n) is 6.91. The number of halogens is 4. The molecule has 1 aliphatic carbocycles. The molecule has 0 heterocycles. The first-order valence-corrected chi connectivity index (χ1v) is 9.46. The highest BCUT2D eigenvalue weighted by Crippen LogP contribution is 2.50. The number of esters is 1. The Hall–Kier alpha value is -2.98. The monoisotopic (exact) mass is 435 g/mol. The minimum absolute atomic E-state index is 0.360. The maximum absolute atomic E-state index is 12.6. The molecule has 2 aromatic rings. The highest BCUT2D eigenvalue weighted by molar-refractivity contribution is 6.30. The van der Waals surface area contributed by atoms with Crippen molar-refractivity contribution >= 4 is 17.6 Å². The van der Waals surface area contributed by atoms with Crippen LogP contribution in [0.5, 0.6) is 11.5 Å². The number of carbonyl (C=O) groups excluding carboxylic acids is 1. The Labute approximate surface area is 176 Å². The van der Waals surface area contributed by atoms with Crippen LogP contribution in [0.2, 0.25) is 0 Å². The summed E-state index contributed by atoms with van der Waals surface area (Å²) >= 11 is 5.26. The van der Waals surface area contributed by atoms with E-state index in [1.54, 1.807) is 43.3 Å². The zero-order valence-corrected chi connectivity index (χ0v) is 16.5. The van der Waals surface area contributed by atoms with E-state index in [2.05, 4.69) is 0 Å². The molecule has 8 heteroatoms. The quantitative estimate of drug-likeness (QED) is 0.510. The standard InChI is InChI=1S/C22H17ClF3NO3/c1-13-17(11-19(23)22(24,25)26)20(13)21(28)30-18(12-27)14-6-5-9-16(10-14)29-15-7-3-2-4-8-15/h2-11,13,17-18,20H,1H3/b19-11-/t13?,17-,18?,20+/m1/s1. The van der Waals surface area contributed by atoms with Gasteiger partial charge in [-0.05, 0) is 36.1 Å². The highest BCUT2D eigenvalue weighted by atomic mass is 35.5. The number of ether oxygens (including phenoxy) is 2. The first kappa shape index (κ1) is 21.7. The molecule has 0 aliphatic heterocycles. The minimum atomic E-state index is -4.66. The number of carbonyl (C=O) groups is 1. The van der Waals surface area contributed by atoms with Gasteiger partial charge in [0, 0.05) is 5.56 Å². The second-order valence-corrected chi connectivity index (χ2v) is 7.32. The predicted octanol–water partition coefficient (Wildman–Crippen LogP) is 6.15. The van der Waals surface area contributed by atoms with Crippen LogP contribution in [0.1, 0.15) is 18.6 Å². The summed E-state index contributed by atoms with van der Waals surface area (Å²) in [4.78, 5) is 12.4. The normalized spacial score (nSPS) is 22.0. The van der Waals surface area contributed by atoms with Crippen molar-refractivity contribution < 1.29 is 27.4 Å². The molecule has 1 saturated carbocycles. The third kappa shape index (κ3) is 5.14. The van der Waals surface area contributed by atoms with Gasteiger partial charge in [0.1, 0.15) is 22.6 Å². The molecule has 0 N–H and O–H groups in total. The zero-order chi connectivity index (χ0) is 21.9. The van der Waals surface area contributed by atoms with Crippen LogP contribution in [0.25, 0.3) is 0 Å². The van der Waals surface area contributed by atoms with Crippen LogP contribution in [-0.4, -0.2) is 12.1 Å². The number of para-hydroxylation sites is 1. The lowest BCUT2D eigenvalue weighted by atomic mass is 10.1. The smallest absolute Gasteiger partial charge is 0.426 e. The van der Waals surface area contributed by atoms with Gasteiger partial charge in [0.05, 0.1) is 5.92 Å². The van der Waals surface area contributed by atoms with E-state index in [1.807, 2.05) is 24.3 Å². The number of hydrogen-bond donors (Lipinski definition) is 0. The summed E-state index contributed by atoms with van der Waals surface area (Å²) in [5.74, 6) is -1.51. The van der Waals surface area contributed by atoms with E-state index >= 15 is 0 Å². The van der Waals surface area contributed by atoms with E-state index in [1.165, 1.54) is 0 Å². The Balaban J connectivity index is 1.68. The van der Waals surface area contributed by atoms with Crippen molar-refractivity contribution in [1.29, 1.82) is 5.26 Å². The van der Waals surface area contributed by atoms with Gasteiger partial charge in [0.25, 0.3) is 0 Å². The fraction of sp³-hybridized carbons (Fsp3) is 0.273. The largest absolute Gasteiger partial charge is 0.457 e. The number of nitriles is 1. The zero-order valence-electron chi connectivity index (χ0n) is 15.8. The van der Waals surface area contributed by atoms with Crippen molar-refractivity contribution in [2.24, 2.45) is 17.8 Å². The number of rotatable bonds is 6. The molecular formula is C22H17ClF3NO3. The third-order valence-corrected chi connectivity index (χ3v) is 5.16. The molecule has 3 rings (SSSR count). The van der Waals surface area contributed by atoms with E-state index in [9.17, 15) is 23.2 Å². The molecule has 1 fully saturated rings. The molecule has 0 bridgehead atoms. The van der Waals surface area contributed by atoms with E-state index in [-0.39, 0.29) is 5.92 Å². The lowest BCUT2D eigenvalue weighted by Crippen LogP contribution is -2.13. The molecule has 2 aromatic carbocycles. The van der Waals surface area contributed by atoms with Gasteiger partial charge in [0.2, 0.25) is 6.10 Å². The van der Waals surface area contributed by atoms with E-state index < -0.39 is 35.1 Å². The van der Waals surface area contributed by atoms with Gasteiger partial charge in [-0.1, -0.05) is 54.9 Å². The predicted molar refractivity (Wildman–Crippen MR) is 104 cm³/mol. The fourth-order valence-electron chi connectivity index (χ4n) is 3.11. The summed E-state index contributed by atoms with van der Waals surface area (Å²) in [6.45, 7) is 1.63. The van der Waals surface area contributed by atoms with Crippen molar-refractivity contribution in [3.8, 4) is 17.6 Å². The lowest BCUT2D eigenvalue weighted by Gasteiger charge is -2.13.